The van der Waals surface area contributed by atoms with Crippen molar-refractivity contribution in [3.63, 3.8) is 0 Å². The van der Waals surface area contributed by atoms with E-state index in [1.165, 1.54) is 0 Å². The van der Waals surface area contributed by atoms with Gasteiger partial charge in [-0.2, -0.15) is 0 Å². The van der Waals surface area contributed by atoms with Crippen LogP contribution in [0.15, 0.2) is 42.9 Å². The second-order valence-corrected chi connectivity index (χ2v) is 8.77. The molecule has 0 saturated carbocycles. The molecule has 1 aliphatic heterocycles. The molecule has 1 saturated heterocycles. The van der Waals surface area contributed by atoms with Gasteiger partial charge in [-0.15, -0.1) is 0 Å². The van der Waals surface area contributed by atoms with Crippen LogP contribution in [-0.4, -0.2) is 62.4 Å². The van der Waals surface area contributed by atoms with Gasteiger partial charge in [-0.25, -0.2) is 4.98 Å². The van der Waals surface area contributed by atoms with Crippen LogP contribution < -0.4 is 4.74 Å². The number of carboxylic acid groups (broad SMARTS) is 1. The Morgan fingerprint density at radius 2 is 2.15 bits per heavy atom. The molecule has 0 spiro atoms. The number of pyridine rings is 1. The molecule has 3 aromatic rings. The van der Waals surface area contributed by atoms with Crippen LogP contribution in [-0.2, 0) is 11.8 Å². The number of methoxy groups -OCH3 is 1. The van der Waals surface area contributed by atoms with E-state index < -0.39 is 18.0 Å². The van der Waals surface area contributed by atoms with Gasteiger partial charge in [-0.05, 0) is 67.5 Å². The van der Waals surface area contributed by atoms with E-state index in [0.717, 1.165) is 29.4 Å². The summed E-state index contributed by atoms with van der Waals surface area (Å²) in [7, 11) is 3.50. The Labute approximate surface area is 199 Å². The number of aryl methyl sites for hydroxylation is 1. The largest absolute Gasteiger partial charge is 0.497 e. The lowest BCUT2D eigenvalue weighted by Gasteiger charge is -2.36. The minimum atomic E-state index is -0.791. The number of hydrogen-bond acceptors (Lipinski definition) is 6. The van der Waals surface area contributed by atoms with Gasteiger partial charge >= 0.3 is 5.97 Å². The van der Waals surface area contributed by atoms with Crippen molar-refractivity contribution in [2.24, 2.45) is 18.9 Å². The number of ether oxygens (including phenoxy) is 1. The number of nitrogens with zero attached hydrogens (tertiary/aromatic N) is 4. The summed E-state index contributed by atoms with van der Waals surface area (Å²) < 4.78 is 7.18. The van der Waals surface area contributed by atoms with Gasteiger partial charge in [0.1, 0.15) is 5.75 Å². The average Bonchev–Trinajstić information content (AvgIpc) is 3.26. The SMILES string of the molecule is COc1ccc2nccc(C(O)CC[C@@H]3CCN(CC#Cc4nccn4C)C[C@@H]3C(=O)O)c2c1. The van der Waals surface area contributed by atoms with Crippen LogP contribution in [0.25, 0.3) is 10.9 Å². The maximum atomic E-state index is 12.0. The van der Waals surface area contributed by atoms with Crippen molar-refractivity contribution in [3.8, 4) is 17.6 Å². The number of rotatable bonds is 7. The molecular formula is C26H30N4O4. The maximum absolute atomic E-state index is 12.0. The van der Waals surface area contributed by atoms with Gasteiger partial charge in [0.15, 0.2) is 5.82 Å². The Hall–Kier alpha value is -3.41. The predicted molar refractivity (Wildman–Crippen MR) is 128 cm³/mol. The summed E-state index contributed by atoms with van der Waals surface area (Å²) in [5.74, 6) is 6.29. The highest BCUT2D eigenvalue weighted by Gasteiger charge is 2.34. The van der Waals surface area contributed by atoms with Crippen molar-refractivity contribution < 1.29 is 19.7 Å². The number of carboxylic acids is 1. The number of aliphatic hydroxyl groups excluding tert-OH is 1. The van der Waals surface area contributed by atoms with E-state index in [1.54, 1.807) is 19.5 Å². The summed E-state index contributed by atoms with van der Waals surface area (Å²) in [5, 5.41) is 21.7. The maximum Gasteiger partial charge on any atom is 0.308 e. The van der Waals surface area contributed by atoms with Crippen molar-refractivity contribution >= 4 is 16.9 Å². The van der Waals surface area contributed by atoms with E-state index in [-0.39, 0.29) is 5.92 Å². The summed E-state index contributed by atoms with van der Waals surface area (Å²) in [6, 6.07) is 7.42. The molecule has 0 bridgehead atoms. The van der Waals surface area contributed by atoms with Crippen molar-refractivity contribution in [1.82, 2.24) is 19.4 Å². The molecule has 1 aromatic carbocycles. The molecule has 0 radical (unpaired) electrons. The van der Waals surface area contributed by atoms with Crippen LogP contribution in [0.5, 0.6) is 5.75 Å². The Balaban J connectivity index is 1.38. The number of benzene rings is 1. The summed E-state index contributed by atoms with van der Waals surface area (Å²) >= 11 is 0. The molecule has 1 aliphatic rings. The first-order valence-electron chi connectivity index (χ1n) is 11.5. The van der Waals surface area contributed by atoms with Gasteiger partial charge in [-0.3, -0.25) is 14.7 Å². The van der Waals surface area contributed by atoms with Crippen LogP contribution in [0.4, 0.5) is 0 Å². The fourth-order valence-corrected chi connectivity index (χ4v) is 4.64. The quantitative estimate of drug-likeness (QED) is 0.521. The summed E-state index contributed by atoms with van der Waals surface area (Å²) in [6.07, 6.45) is 6.43. The highest BCUT2D eigenvalue weighted by molar-refractivity contribution is 5.83. The van der Waals surface area contributed by atoms with Crippen LogP contribution in [0.1, 0.15) is 36.8 Å². The molecule has 4 rings (SSSR count). The number of piperidine rings is 1. The monoisotopic (exact) mass is 462 g/mol. The Morgan fingerprint density at radius 1 is 1.29 bits per heavy atom. The standard InChI is InChI=1S/C26H30N4O4/c1-29-15-12-28-25(29)4-3-13-30-14-10-18(22(17-30)26(32)33)5-8-24(31)20-9-11-27-23-7-6-19(34-2)16-21(20)23/h6-7,9,11-12,15-16,18,22,24,31H,5,8,10,13-14,17H2,1-2H3,(H,32,33)/t18-,22+,24?/m1/s1. The first-order chi connectivity index (χ1) is 16.5. The molecule has 1 fully saturated rings. The van der Waals surface area contributed by atoms with Gasteiger partial charge in [0, 0.05) is 37.6 Å². The number of likely N-dealkylation sites (tertiary alicyclic amines) is 1. The molecule has 3 atom stereocenters. The van der Waals surface area contributed by atoms with Crippen molar-refractivity contribution in [2.45, 2.75) is 25.4 Å². The second kappa shape index (κ2) is 10.7. The topological polar surface area (TPSA) is 101 Å². The number of hydrogen-bond donors (Lipinski definition) is 2. The smallest absolute Gasteiger partial charge is 0.308 e. The lowest BCUT2D eigenvalue weighted by Crippen LogP contribution is -2.44. The van der Waals surface area contributed by atoms with E-state index in [2.05, 4.69) is 26.7 Å². The molecule has 3 heterocycles. The molecule has 2 N–H and O–H groups in total. The zero-order chi connectivity index (χ0) is 24.1. The summed E-state index contributed by atoms with van der Waals surface area (Å²) in [5.41, 5.74) is 1.58. The zero-order valence-electron chi connectivity index (χ0n) is 19.5. The lowest BCUT2D eigenvalue weighted by molar-refractivity contribution is -0.146. The van der Waals surface area contributed by atoms with E-state index in [0.29, 0.717) is 37.5 Å². The Bertz CT molecular complexity index is 1210. The van der Waals surface area contributed by atoms with Gasteiger partial charge in [0.2, 0.25) is 0 Å². The third kappa shape index (κ3) is 5.38. The number of aliphatic hydroxyl groups is 1. The molecule has 2 aromatic heterocycles. The third-order valence-electron chi connectivity index (χ3n) is 6.63. The van der Waals surface area contributed by atoms with Crippen molar-refractivity contribution in [3.05, 3.63) is 54.2 Å². The van der Waals surface area contributed by atoms with Gasteiger partial charge in [0.25, 0.3) is 0 Å². The minimum absolute atomic E-state index is 0.00790. The van der Waals surface area contributed by atoms with E-state index >= 15 is 0 Å². The molecule has 0 aliphatic carbocycles. The van der Waals surface area contributed by atoms with Crippen LogP contribution in [0.3, 0.4) is 0 Å². The second-order valence-electron chi connectivity index (χ2n) is 8.77. The van der Waals surface area contributed by atoms with Gasteiger partial charge < -0.3 is 19.5 Å². The lowest BCUT2D eigenvalue weighted by atomic mass is 9.81. The summed E-state index contributed by atoms with van der Waals surface area (Å²) in [4.78, 5) is 22.7. The number of carbonyl (C=O) groups is 1. The first-order valence-corrected chi connectivity index (χ1v) is 11.5. The number of aliphatic carboxylic acids is 1. The minimum Gasteiger partial charge on any atom is -0.497 e. The molecule has 8 nitrogen and oxygen atoms in total. The van der Waals surface area contributed by atoms with Crippen molar-refractivity contribution in [2.75, 3.05) is 26.7 Å². The van der Waals surface area contributed by atoms with Gasteiger partial charge in [0.05, 0.1) is 31.2 Å². The molecule has 1 unspecified atom stereocenters. The highest BCUT2D eigenvalue weighted by atomic mass is 16.5. The Morgan fingerprint density at radius 3 is 2.88 bits per heavy atom. The molecule has 0 amide bonds. The first kappa shape index (κ1) is 23.7. The fraction of sp³-hybridized carbons (Fsp3) is 0.423. The van der Waals surface area contributed by atoms with Gasteiger partial charge in [-0.1, -0.05) is 5.92 Å². The van der Waals surface area contributed by atoms with Crippen LogP contribution in [0.2, 0.25) is 0 Å². The third-order valence-corrected chi connectivity index (χ3v) is 6.63. The number of imidazole rings is 1. The van der Waals surface area contributed by atoms with E-state index in [1.807, 2.05) is 42.1 Å². The molecule has 8 heteroatoms. The molecule has 178 valence electrons. The number of aromatic nitrogens is 3. The highest BCUT2D eigenvalue weighted by Crippen LogP contribution is 2.33. The fourth-order valence-electron chi connectivity index (χ4n) is 4.64. The van der Waals surface area contributed by atoms with Crippen molar-refractivity contribution in [1.29, 1.82) is 0 Å². The van der Waals surface area contributed by atoms with E-state index in [4.69, 9.17) is 4.74 Å². The normalized spacial score (nSPS) is 19.4. The Kier molecular flexibility index (Phi) is 7.46. The predicted octanol–water partition coefficient (Wildman–Crippen LogP) is 2.86. The summed E-state index contributed by atoms with van der Waals surface area (Å²) in [6.45, 7) is 1.76. The number of fused-ring (bicyclic) bond motifs is 1. The zero-order valence-corrected chi connectivity index (χ0v) is 19.5. The van der Waals surface area contributed by atoms with E-state index in [9.17, 15) is 15.0 Å². The molecule has 34 heavy (non-hydrogen) atoms. The molecular weight excluding hydrogens is 432 g/mol. The average molecular weight is 463 g/mol. The van der Waals surface area contributed by atoms with Crippen LogP contribution >= 0.6 is 0 Å². The van der Waals surface area contributed by atoms with Crippen LogP contribution in [0, 0.1) is 23.7 Å².